The Morgan fingerprint density at radius 1 is 1.79 bits per heavy atom. The highest BCUT2D eigenvalue weighted by molar-refractivity contribution is 6.03. The molecule has 2 N–H and O–H groups in total. The van der Waals surface area contributed by atoms with Crippen LogP contribution in [0, 0.1) is 16.7 Å². The molecule has 5 heteroatoms. The Bertz CT molecular complexity index is 317. The highest BCUT2D eigenvalue weighted by Gasteiger charge is 2.44. The fourth-order valence-electron chi connectivity index (χ4n) is 1.33. The summed E-state index contributed by atoms with van der Waals surface area (Å²) in [7, 11) is 0. The Morgan fingerprint density at radius 3 is 2.93 bits per heavy atom. The molecule has 0 fully saturated rings. The fourth-order valence-corrected chi connectivity index (χ4v) is 1.33. The normalized spacial score (nSPS) is 31.7. The summed E-state index contributed by atoms with van der Waals surface area (Å²) < 4.78 is 0. The zero-order valence-corrected chi connectivity index (χ0v) is 8.59. The number of carbonyl (C=O) groups is 1. The van der Waals surface area contributed by atoms with Crippen LogP contribution in [0.1, 0.15) is 20.8 Å². The van der Waals surface area contributed by atoms with E-state index in [1.807, 2.05) is 13.0 Å². The molecule has 0 aliphatic carbocycles. The molecule has 0 aromatic heterocycles. The van der Waals surface area contributed by atoms with Gasteiger partial charge >= 0.3 is 0 Å². The van der Waals surface area contributed by atoms with Crippen LogP contribution >= 0.6 is 0 Å². The van der Waals surface area contributed by atoms with Crippen LogP contribution in [-0.2, 0) is 4.79 Å². The van der Waals surface area contributed by atoms with Crippen LogP contribution in [0.5, 0.6) is 0 Å². The van der Waals surface area contributed by atoms with Crippen molar-refractivity contribution in [3.8, 4) is 6.07 Å². The van der Waals surface area contributed by atoms with Gasteiger partial charge in [-0.15, -0.1) is 0 Å². The van der Waals surface area contributed by atoms with Gasteiger partial charge in [-0.05, 0) is 20.4 Å². The van der Waals surface area contributed by atoms with Gasteiger partial charge < -0.3 is 5.32 Å². The smallest absolute Gasteiger partial charge is 0.249 e. The molecule has 0 aromatic rings. The van der Waals surface area contributed by atoms with Gasteiger partial charge in [-0.2, -0.15) is 5.26 Å². The number of nitrogens with one attached hydrogen (secondary N) is 2. The summed E-state index contributed by atoms with van der Waals surface area (Å²) in [6.45, 7) is 5.88. The van der Waals surface area contributed by atoms with E-state index in [1.54, 1.807) is 13.8 Å². The molecule has 0 bridgehead atoms. The van der Waals surface area contributed by atoms with Gasteiger partial charge in [0.15, 0.2) is 5.41 Å². The second kappa shape index (κ2) is 3.76. The zero-order valence-electron chi connectivity index (χ0n) is 8.59. The first-order chi connectivity index (χ1) is 6.54. The van der Waals surface area contributed by atoms with Crippen LogP contribution < -0.4 is 10.6 Å². The van der Waals surface area contributed by atoms with E-state index in [0.717, 1.165) is 0 Å². The van der Waals surface area contributed by atoms with E-state index in [0.29, 0.717) is 12.4 Å². The number of nitriles is 1. The standard InChI is InChI=1S/C9H14N4O/c1-4-11-7-9(3,5-10)8(14)13-6(2)12-7/h7,11H,4H2,1-3H3,(H,12,13,14). The molecule has 1 amide bonds. The predicted octanol–water partition coefficient (Wildman–Crippen LogP) is 0.0000800. The summed E-state index contributed by atoms with van der Waals surface area (Å²) in [5, 5.41) is 14.6. The molecule has 0 saturated heterocycles. The molecule has 2 unspecified atom stereocenters. The molecule has 76 valence electrons. The van der Waals surface area contributed by atoms with E-state index in [4.69, 9.17) is 5.26 Å². The van der Waals surface area contributed by atoms with E-state index in [9.17, 15) is 4.79 Å². The molecule has 1 aliphatic rings. The van der Waals surface area contributed by atoms with E-state index < -0.39 is 11.6 Å². The SMILES string of the molecule is CCNC1N=C(C)NC(=O)C1(C)C#N. The lowest BCUT2D eigenvalue weighted by Gasteiger charge is -2.32. The highest BCUT2D eigenvalue weighted by Crippen LogP contribution is 2.24. The van der Waals surface area contributed by atoms with Crippen LogP contribution in [0.3, 0.4) is 0 Å². The number of nitrogens with zero attached hydrogens (tertiary/aromatic N) is 2. The zero-order chi connectivity index (χ0) is 10.8. The Hall–Kier alpha value is -1.41. The molecule has 0 spiro atoms. The Labute approximate surface area is 83.2 Å². The minimum absolute atomic E-state index is 0.293. The molecular weight excluding hydrogens is 180 g/mol. The molecule has 1 aliphatic heterocycles. The maximum absolute atomic E-state index is 11.6. The van der Waals surface area contributed by atoms with Crippen molar-refractivity contribution < 1.29 is 4.79 Å². The molecular formula is C9H14N4O. The van der Waals surface area contributed by atoms with Crippen LogP contribution in [0.4, 0.5) is 0 Å². The van der Waals surface area contributed by atoms with Crippen molar-refractivity contribution in [1.82, 2.24) is 10.6 Å². The van der Waals surface area contributed by atoms with Gasteiger partial charge in [0, 0.05) is 0 Å². The molecule has 1 heterocycles. The third kappa shape index (κ3) is 1.61. The molecule has 0 saturated carbocycles. The van der Waals surface area contributed by atoms with Gasteiger partial charge in [-0.25, -0.2) is 0 Å². The van der Waals surface area contributed by atoms with Crippen molar-refractivity contribution in [1.29, 1.82) is 5.26 Å². The number of carbonyl (C=O) groups excluding carboxylic acids is 1. The summed E-state index contributed by atoms with van der Waals surface area (Å²) in [6.07, 6.45) is -0.453. The fraction of sp³-hybridized carbons (Fsp3) is 0.667. The van der Waals surface area contributed by atoms with Crippen LogP contribution in [-0.4, -0.2) is 24.5 Å². The number of hydrogen-bond acceptors (Lipinski definition) is 4. The van der Waals surface area contributed by atoms with Crippen molar-refractivity contribution in [3.63, 3.8) is 0 Å². The number of rotatable bonds is 2. The lowest BCUT2D eigenvalue weighted by Crippen LogP contribution is -2.56. The maximum Gasteiger partial charge on any atom is 0.249 e. The molecule has 0 aromatic carbocycles. The molecule has 1 rings (SSSR count). The third-order valence-electron chi connectivity index (χ3n) is 2.27. The van der Waals surface area contributed by atoms with E-state index in [2.05, 4.69) is 15.6 Å². The summed E-state index contributed by atoms with van der Waals surface area (Å²) in [5.74, 6) is 0.257. The van der Waals surface area contributed by atoms with E-state index in [-0.39, 0.29) is 5.91 Å². The largest absolute Gasteiger partial charge is 0.313 e. The minimum Gasteiger partial charge on any atom is -0.313 e. The quantitative estimate of drug-likeness (QED) is 0.649. The summed E-state index contributed by atoms with van der Waals surface area (Å²) in [5.41, 5.74) is -1.12. The van der Waals surface area contributed by atoms with Crippen molar-refractivity contribution >= 4 is 11.7 Å². The van der Waals surface area contributed by atoms with Crippen LogP contribution in [0.25, 0.3) is 0 Å². The molecule has 5 nitrogen and oxygen atoms in total. The molecule has 14 heavy (non-hydrogen) atoms. The van der Waals surface area contributed by atoms with E-state index >= 15 is 0 Å². The van der Waals surface area contributed by atoms with Gasteiger partial charge in [0.25, 0.3) is 0 Å². The number of amidine groups is 1. The Balaban J connectivity index is 3.03. The average Bonchev–Trinajstić information content (AvgIpc) is 2.14. The van der Waals surface area contributed by atoms with Crippen molar-refractivity contribution in [2.24, 2.45) is 10.4 Å². The van der Waals surface area contributed by atoms with Crippen LogP contribution in [0.2, 0.25) is 0 Å². The lowest BCUT2D eigenvalue weighted by molar-refractivity contribution is -0.127. The summed E-state index contributed by atoms with van der Waals surface area (Å²) in [6, 6.07) is 2.00. The van der Waals surface area contributed by atoms with E-state index in [1.165, 1.54) is 0 Å². The van der Waals surface area contributed by atoms with Crippen molar-refractivity contribution in [2.45, 2.75) is 26.9 Å². The Morgan fingerprint density at radius 2 is 2.43 bits per heavy atom. The maximum atomic E-state index is 11.6. The van der Waals surface area contributed by atoms with Gasteiger partial charge in [0.2, 0.25) is 5.91 Å². The second-order valence-electron chi connectivity index (χ2n) is 3.44. The summed E-state index contributed by atoms with van der Waals surface area (Å²) in [4.78, 5) is 15.8. The number of amides is 1. The summed E-state index contributed by atoms with van der Waals surface area (Å²) >= 11 is 0. The van der Waals surface area contributed by atoms with Gasteiger partial charge in [-0.1, -0.05) is 6.92 Å². The highest BCUT2D eigenvalue weighted by atomic mass is 16.2. The topological polar surface area (TPSA) is 77.3 Å². The molecule has 2 atom stereocenters. The van der Waals surface area contributed by atoms with Crippen molar-refractivity contribution in [2.75, 3.05) is 6.54 Å². The van der Waals surface area contributed by atoms with Gasteiger partial charge in [0.1, 0.15) is 12.0 Å². The number of hydrogen-bond donors (Lipinski definition) is 2. The second-order valence-corrected chi connectivity index (χ2v) is 3.44. The van der Waals surface area contributed by atoms with Crippen LogP contribution in [0.15, 0.2) is 4.99 Å². The van der Waals surface area contributed by atoms with Gasteiger partial charge in [0.05, 0.1) is 6.07 Å². The first kappa shape index (κ1) is 10.7. The monoisotopic (exact) mass is 194 g/mol. The third-order valence-corrected chi connectivity index (χ3v) is 2.27. The predicted molar refractivity (Wildman–Crippen MR) is 52.4 cm³/mol. The average molecular weight is 194 g/mol. The van der Waals surface area contributed by atoms with Gasteiger partial charge in [-0.3, -0.25) is 15.1 Å². The molecule has 0 radical (unpaired) electrons. The Kier molecular flexibility index (Phi) is 2.87. The lowest BCUT2D eigenvalue weighted by atomic mass is 9.86. The van der Waals surface area contributed by atoms with Crippen molar-refractivity contribution in [3.05, 3.63) is 0 Å². The minimum atomic E-state index is -1.12. The first-order valence-corrected chi connectivity index (χ1v) is 4.55. The first-order valence-electron chi connectivity index (χ1n) is 4.55. The number of aliphatic imine (C=N–C) groups is 1.